The average molecular weight is 396 g/mol. The molecule has 0 unspecified atom stereocenters. The van der Waals surface area contributed by atoms with E-state index in [1.54, 1.807) is 12.1 Å². The molecule has 0 atom stereocenters. The largest absolute Gasteiger partial charge is 0.493 e. The Morgan fingerprint density at radius 1 is 0.893 bits per heavy atom. The number of benzene rings is 2. The first kappa shape index (κ1) is 21.3. The molecule has 8 heteroatoms. The first-order chi connectivity index (χ1) is 13.3. The topological polar surface area (TPSA) is 63.2 Å². The molecular formula is C20H22F2O6. The quantitative estimate of drug-likeness (QED) is 0.584. The van der Waals surface area contributed by atoms with E-state index in [-0.39, 0.29) is 29.8 Å². The van der Waals surface area contributed by atoms with Gasteiger partial charge in [0.2, 0.25) is 0 Å². The number of halogens is 2. The summed E-state index contributed by atoms with van der Waals surface area (Å²) in [6, 6.07) is 9.03. The Morgan fingerprint density at radius 3 is 2.11 bits per heavy atom. The van der Waals surface area contributed by atoms with Crippen molar-refractivity contribution in [3.63, 3.8) is 0 Å². The Balaban J connectivity index is 2.07. The minimum Gasteiger partial charge on any atom is -0.493 e. The molecule has 0 amide bonds. The summed E-state index contributed by atoms with van der Waals surface area (Å²) in [6.45, 7) is 0.729. The van der Waals surface area contributed by atoms with Crippen molar-refractivity contribution < 1.29 is 37.3 Å². The van der Waals surface area contributed by atoms with Gasteiger partial charge >= 0.3 is 12.6 Å². The zero-order valence-electron chi connectivity index (χ0n) is 16.0. The maximum atomic E-state index is 12.4. The molecule has 0 saturated carbocycles. The minimum absolute atomic E-state index is 0.0429. The van der Waals surface area contributed by atoms with Gasteiger partial charge < -0.3 is 23.7 Å². The Hall–Kier alpha value is -3.03. The summed E-state index contributed by atoms with van der Waals surface area (Å²) in [5.74, 6) is 0.386. The Labute approximate surface area is 161 Å². The summed E-state index contributed by atoms with van der Waals surface area (Å²) in [4.78, 5) is 12.3. The van der Waals surface area contributed by atoms with Crippen molar-refractivity contribution >= 4 is 5.97 Å². The molecule has 2 rings (SSSR count). The number of hydrogen-bond acceptors (Lipinski definition) is 6. The molecule has 0 bridgehead atoms. The van der Waals surface area contributed by atoms with Crippen LogP contribution in [0.15, 0.2) is 36.4 Å². The van der Waals surface area contributed by atoms with Crippen molar-refractivity contribution in [1.82, 2.24) is 0 Å². The summed E-state index contributed by atoms with van der Waals surface area (Å²) in [6.07, 6.45) is -0.0429. The van der Waals surface area contributed by atoms with Crippen molar-refractivity contribution in [2.24, 2.45) is 0 Å². The first-order valence-electron chi connectivity index (χ1n) is 8.47. The van der Waals surface area contributed by atoms with E-state index in [1.807, 2.05) is 13.8 Å². The molecule has 0 N–H and O–H groups in total. The normalized spacial score (nSPS) is 10.7. The number of ether oxygens (including phenoxy) is 5. The number of methoxy groups -OCH3 is 2. The second-order valence-electron chi connectivity index (χ2n) is 5.97. The fraction of sp³-hybridized carbons (Fsp3) is 0.350. The third kappa shape index (κ3) is 5.73. The van der Waals surface area contributed by atoms with Crippen LogP contribution in [0.1, 0.15) is 29.8 Å². The highest BCUT2D eigenvalue weighted by Gasteiger charge is 2.15. The summed E-state index contributed by atoms with van der Waals surface area (Å²) >= 11 is 0. The molecular weight excluding hydrogens is 374 g/mol. The van der Waals surface area contributed by atoms with Crippen LogP contribution < -0.4 is 18.9 Å². The molecule has 2 aromatic carbocycles. The predicted octanol–water partition coefficient (Wildman–Crippen LogP) is 4.45. The van der Waals surface area contributed by atoms with E-state index in [4.69, 9.17) is 18.9 Å². The van der Waals surface area contributed by atoms with Gasteiger partial charge in [-0.3, -0.25) is 0 Å². The van der Waals surface area contributed by atoms with Crippen LogP contribution in [0.2, 0.25) is 0 Å². The zero-order valence-corrected chi connectivity index (χ0v) is 16.0. The number of hydrogen-bond donors (Lipinski definition) is 0. The van der Waals surface area contributed by atoms with Gasteiger partial charge in [-0.15, -0.1) is 0 Å². The number of rotatable bonds is 9. The maximum Gasteiger partial charge on any atom is 0.387 e. The van der Waals surface area contributed by atoms with Crippen LogP contribution in [0, 0.1) is 0 Å². The molecule has 0 radical (unpaired) electrons. The Bertz CT molecular complexity index is 807. The van der Waals surface area contributed by atoms with Crippen LogP contribution in [0.3, 0.4) is 0 Å². The highest BCUT2D eigenvalue weighted by Crippen LogP contribution is 2.31. The van der Waals surface area contributed by atoms with E-state index in [1.165, 1.54) is 38.5 Å². The lowest BCUT2D eigenvalue weighted by atomic mass is 10.2. The fourth-order valence-corrected chi connectivity index (χ4v) is 2.37. The van der Waals surface area contributed by atoms with Gasteiger partial charge in [0.1, 0.15) is 6.61 Å². The molecule has 2 aromatic rings. The minimum atomic E-state index is -2.96. The second kappa shape index (κ2) is 9.77. The van der Waals surface area contributed by atoms with Crippen LogP contribution in [0.4, 0.5) is 8.78 Å². The molecule has 0 heterocycles. The van der Waals surface area contributed by atoms with E-state index in [9.17, 15) is 13.6 Å². The number of carbonyl (C=O) groups excluding carboxylic acids is 1. The van der Waals surface area contributed by atoms with Gasteiger partial charge in [0.25, 0.3) is 0 Å². The van der Waals surface area contributed by atoms with Gasteiger partial charge in [0.15, 0.2) is 23.0 Å². The Kier molecular flexibility index (Phi) is 7.43. The highest BCUT2D eigenvalue weighted by molar-refractivity contribution is 5.90. The molecule has 0 aliphatic carbocycles. The molecule has 152 valence electrons. The lowest BCUT2D eigenvalue weighted by Crippen LogP contribution is -2.09. The van der Waals surface area contributed by atoms with E-state index in [0.29, 0.717) is 17.1 Å². The van der Waals surface area contributed by atoms with E-state index in [0.717, 1.165) is 0 Å². The van der Waals surface area contributed by atoms with Gasteiger partial charge in [-0.25, -0.2) is 4.79 Å². The standard InChI is InChI=1S/C20H22F2O6/c1-12(2)27-15-8-6-14(10-18(15)25-4)19(23)26-11-13-5-7-16(28-20(21)22)17(9-13)24-3/h5-10,12,20H,11H2,1-4H3. The molecule has 0 aliphatic heterocycles. The number of esters is 1. The summed E-state index contributed by atoms with van der Waals surface area (Å²) in [5.41, 5.74) is 0.844. The summed E-state index contributed by atoms with van der Waals surface area (Å²) < 4.78 is 50.3. The maximum absolute atomic E-state index is 12.4. The third-order valence-electron chi connectivity index (χ3n) is 3.58. The molecule has 0 spiro atoms. The number of alkyl halides is 2. The monoisotopic (exact) mass is 396 g/mol. The smallest absolute Gasteiger partial charge is 0.387 e. The molecule has 0 aromatic heterocycles. The molecule has 0 fully saturated rings. The third-order valence-corrected chi connectivity index (χ3v) is 3.58. The summed E-state index contributed by atoms with van der Waals surface area (Å²) in [7, 11) is 2.81. The van der Waals surface area contributed by atoms with Crippen molar-refractivity contribution in [1.29, 1.82) is 0 Å². The van der Waals surface area contributed by atoms with Crippen LogP contribution in [0.5, 0.6) is 23.0 Å². The first-order valence-corrected chi connectivity index (χ1v) is 8.47. The van der Waals surface area contributed by atoms with E-state index >= 15 is 0 Å². The zero-order chi connectivity index (χ0) is 20.7. The predicted molar refractivity (Wildman–Crippen MR) is 97.5 cm³/mol. The van der Waals surface area contributed by atoms with Crippen molar-refractivity contribution in [2.75, 3.05) is 14.2 Å². The van der Waals surface area contributed by atoms with Gasteiger partial charge in [-0.1, -0.05) is 6.07 Å². The average Bonchev–Trinajstić information content (AvgIpc) is 2.66. The van der Waals surface area contributed by atoms with Crippen LogP contribution in [0.25, 0.3) is 0 Å². The van der Waals surface area contributed by atoms with Gasteiger partial charge in [0, 0.05) is 0 Å². The van der Waals surface area contributed by atoms with Crippen molar-refractivity contribution in [3.8, 4) is 23.0 Å². The van der Waals surface area contributed by atoms with Crippen LogP contribution >= 0.6 is 0 Å². The van der Waals surface area contributed by atoms with Gasteiger partial charge in [-0.2, -0.15) is 8.78 Å². The Morgan fingerprint density at radius 2 is 1.50 bits per heavy atom. The SMILES string of the molecule is COc1cc(C(=O)OCc2ccc(OC(F)F)c(OC)c2)ccc1OC(C)C. The lowest BCUT2D eigenvalue weighted by molar-refractivity contribution is -0.0512. The highest BCUT2D eigenvalue weighted by atomic mass is 19.3. The molecule has 28 heavy (non-hydrogen) atoms. The lowest BCUT2D eigenvalue weighted by Gasteiger charge is -2.14. The molecule has 0 aliphatic rings. The van der Waals surface area contributed by atoms with Crippen molar-refractivity contribution in [3.05, 3.63) is 47.5 Å². The van der Waals surface area contributed by atoms with Crippen LogP contribution in [-0.4, -0.2) is 32.9 Å². The molecule has 0 saturated heterocycles. The molecule has 6 nitrogen and oxygen atoms in total. The summed E-state index contributed by atoms with van der Waals surface area (Å²) in [5, 5.41) is 0. The number of carbonyl (C=O) groups is 1. The van der Waals surface area contributed by atoms with Crippen molar-refractivity contribution in [2.45, 2.75) is 33.2 Å². The van der Waals surface area contributed by atoms with Gasteiger partial charge in [0.05, 0.1) is 25.9 Å². The van der Waals surface area contributed by atoms with Crippen LogP contribution in [-0.2, 0) is 11.3 Å². The van der Waals surface area contributed by atoms with Gasteiger partial charge in [-0.05, 0) is 49.7 Å². The fourth-order valence-electron chi connectivity index (χ4n) is 2.37. The van der Waals surface area contributed by atoms with E-state index < -0.39 is 12.6 Å². The second-order valence-corrected chi connectivity index (χ2v) is 5.97. The van der Waals surface area contributed by atoms with E-state index in [2.05, 4.69) is 4.74 Å².